The zero-order valence-electron chi connectivity index (χ0n) is 14.1. The monoisotopic (exact) mass is 382 g/mol. The molecule has 0 radical (unpaired) electrons. The van der Waals surface area contributed by atoms with Crippen molar-refractivity contribution in [1.29, 1.82) is 0 Å². The number of aromatic nitrogens is 3. The number of carbonyl (C=O) groups is 1. The highest BCUT2D eigenvalue weighted by molar-refractivity contribution is 6.30. The van der Waals surface area contributed by atoms with Crippen LogP contribution in [-0.2, 0) is 17.8 Å². The van der Waals surface area contributed by atoms with Crippen LogP contribution in [0.4, 0.5) is 0 Å². The predicted octanol–water partition coefficient (Wildman–Crippen LogP) is 1.17. The fourth-order valence-corrected chi connectivity index (χ4v) is 2.53. The summed E-state index contributed by atoms with van der Waals surface area (Å²) < 4.78 is 0. The number of carbonyl (C=O) groups excluding carboxylic acids is 1. The maximum absolute atomic E-state index is 12.6. The highest BCUT2D eigenvalue weighted by atomic mass is 35.5. The molecule has 7 nitrogen and oxygen atoms in total. The Balaban J connectivity index is 1.75. The van der Waals surface area contributed by atoms with Gasteiger partial charge >= 0.3 is 0 Å². The number of hydrogen-bond acceptors (Lipinski definition) is 5. The molecule has 136 valence electrons. The Kier molecular flexibility index (Phi) is 5.81. The Hall–Kier alpha value is -3.21. The molecule has 8 heteroatoms. The van der Waals surface area contributed by atoms with Gasteiger partial charge in [-0.2, -0.15) is 5.10 Å². The van der Waals surface area contributed by atoms with Crippen LogP contribution in [0.25, 0.3) is 10.9 Å². The molecular formula is C19H15ClN4O3. The number of benzene rings is 1. The van der Waals surface area contributed by atoms with Crippen molar-refractivity contribution in [3.8, 4) is 11.8 Å². The average Bonchev–Trinajstić information content (AvgIpc) is 2.68. The number of pyridine rings is 1. The van der Waals surface area contributed by atoms with E-state index < -0.39 is 0 Å². The second kappa shape index (κ2) is 8.45. The zero-order valence-corrected chi connectivity index (χ0v) is 14.9. The Morgan fingerprint density at radius 3 is 2.81 bits per heavy atom. The van der Waals surface area contributed by atoms with Crippen molar-refractivity contribution in [3.63, 3.8) is 0 Å². The standard InChI is InChI=1S/C19H15ClN4O3/c20-13-5-3-12(4-6-13)10-22-18(26)9-16-19(27)15-8-14(2-1-7-25)21-11-17(15)24-23-16/h3-6,8,11,25H,7,9-10H2,(H,22,26)(H,24,27). The van der Waals surface area contributed by atoms with Crippen LogP contribution in [0, 0.1) is 11.8 Å². The van der Waals surface area contributed by atoms with Gasteiger partial charge in [-0.1, -0.05) is 29.7 Å². The summed E-state index contributed by atoms with van der Waals surface area (Å²) in [6.45, 7) is 0.0256. The number of aliphatic hydroxyl groups is 1. The van der Waals surface area contributed by atoms with Gasteiger partial charge in [0.25, 0.3) is 0 Å². The van der Waals surface area contributed by atoms with Crippen molar-refractivity contribution >= 4 is 28.4 Å². The summed E-state index contributed by atoms with van der Waals surface area (Å²) in [6.07, 6.45) is 1.29. The number of nitrogens with one attached hydrogen (secondary N) is 2. The van der Waals surface area contributed by atoms with Gasteiger partial charge < -0.3 is 10.4 Å². The molecule has 0 bridgehead atoms. The summed E-state index contributed by atoms with van der Waals surface area (Å²) in [5.41, 5.74) is 1.43. The zero-order chi connectivity index (χ0) is 19.2. The van der Waals surface area contributed by atoms with Crippen molar-refractivity contribution in [2.45, 2.75) is 13.0 Å². The van der Waals surface area contributed by atoms with Crippen LogP contribution in [-0.4, -0.2) is 32.8 Å². The highest BCUT2D eigenvalue weighted by Crippen LogP contribution is 2.09. The number of aliphatic hydroxyl groups excluding tert-OH is 1. The Bertz CT molecular complexity index is 1100. The van der Waals surface area contributed by atoms with Crippen LogP contribution in [0.1, 0.15) is 17.0 Å². The van der Waals surface area contributed by atoms with Crippen LogP contribution in [0.5, 0.6) is 0 Å². The van der Waals surface area contributed by atoms with E-state index in [1.54, 1.807) is 12.1 Å². The van der Waals surface area contributed by atoms with E-state index in [-0.39, 0.29) is 30.1 Å². The summed E-state index contributed by atoms with van der Waals surface area (Å²) in [4.78, 5) is 28.8. The van der Waals surface area contributed by atoms with Crippen LogP contribution in [0.15, 0.2) is 41.3 Å². The van der Waals surface area contributed by atoms with Gasteiger partial charge in [0, 0.05) is 11.6 Å². The minimum atomic E-state index is -0.361. The number of aromatic amines is 1. The molecule has 3 N–H and O–H groups in total. The first-order chi connectivity index (χ1) is 13.1. The van der Waals surface area contributed by atoms with Crippen molar-refractivity contribution in [2.75, 3.05) is 6.61 Å². The summed E-state index contributed by atoms with van der Waals surface area (Å²) in [5, 5.41) is 19.2. The normalized spacial score (nSPS) is 10.3. The van der Waals surface area contributed by atoms with Crippen LogP contribution >= 0.6 is 11.6 Å². The first-order valence-electron chi connectivity index (χ1n) is 8.05. The molecule has 0 fully saturated rings. The number of H-pyrrole nitrogens is 1. The molecule has 0 saturated heterocycles. The number of amides is 1. The summed E-state index contributed by atoms with van der Waals surface area (Å²) in [5.74, 6) is 4.79. The Labute approximate surface area is 159 Å². The molecule has 0 aliphatic rings. The van der Waals surface area contributed by atoms with Gasteiger partial charge in [0.15, 0.2) is 0 Å². The van der Waals surface area contributed by atoms with E-state index in [2.05, 4.69) is 32.3 Å². The predicted molar refractivity (Wildman–Crippen MR) is 101 cm³/mol. The lowest BCUT2D eigenvalue weighted by Crippen LogP contribution is -2.28. The van der Waals surface area contributed by atoms with Crippen LogP contribution in [0.2, 0.25) is 5.02 Å². The molecule has 0 spiro atoms. The van der Waals surface area contributed by atoms with E-state index in [9.17, 15) is 9.59 Å². The molecule has 0 aliphatic carbocycles. The van der Waals surface area contributed by atoms with Gasteiger partial charge in [0.1, 0.15) is 18.0 Å². The van der Waals surface area contributed by atoms with Crippen molar-refractivity contribution < 1.29 is 9.90 Å². The van der Waals surface area contributed by atoms with Gasteiger partial charge in [-0.25, -0.2) is 4.98 Å². The Morgan fingerprint density at radius 2 is 2.07 bits per heavy atom. The fourth-order valence-electron chi connectivity index (χ4n) is 2.40. The summed E-state index contributed by atoms with van der Waals surface area (Å²) in [7, 11) is 0. The molecule has 0 atom stereocenters. The third kappa shape index (κ3) is 4.70. The number of rotatable bonds is 4. The number of nitrogens with zero attached hydrogens (tertiary/aromatic N) is 2. The maximum Gasteiger partial charge on any atom is 0.226 e. The quantitative estimate of drug-likeness (QED) is 0.587. The number of halogens is 1. The molecule has 0 unspecified atom stereocenters. The largest absolute Gasteiger partial charge is 0.384 e. The summed E-state index contributed by atoms with van der Waals surface area (Å²) in [6, 6.07) is 8.61. The van der Waals surface area contributed by atoms with Gasteiger partial charge in [0.2, 0.25) is 11.3 Å². The fraction of sp³-hybridized carbons (Fsp3) is 0.158. The maximum atomic E-state index is 12.6. The third-order valence-electron chi connectivity index (χ3n) is 3.75. The second-order valence-electron chi connectivity index (χ2n) is 5.65. The lowest BCUT2D eigenvalue weighted by atomic mass is 10.1. The Morgan fingerprint density at radius 1 is 1.30 bits per heavy atom. The smallest absolute Gasteiger partial charge is 0.226 e. The van der Waals surface area contributed by atoms with E-state index in [0.29, 0.717) is 28.2 Å². The molecular weight excluding hydrogens is 368 g/mol. The molecule has 3 aromatic rings. The minimum Gasteiger partial charge on any atom is -0.384 e. The first-order valence-corrected chi connectivity index (χ1v) is 8.43. The summed E-state index contributed by atoms with van der Waals surface area (Å²) >= 11 is 5.83. The van der Waals surface area contributed by atoms with Crippen LogP contribution < -0.4 is 10.7 Å². The molecule has 2 heterocycles. The van der Waals surface area contributed by atoms with Crippen molar-refractivity contribution in [1.82, 2.24) is 20.5 Å². The van der Waals surface area contributed by atoms with E-state index in [1.165, 1.54) is 12.3 Å². The molecule has 1 amide bonds. The van der Waals surface area contributed by atoms with Crippen molar-refractivity contribution in [2.24, 2.45) is 0 Å². The lowest BCUT2D eigenvalue weighted by Gasteiger charge is -2.06. The molecule has 27 heavy (non-hydrogen) atoms. The number of hydrogen-bond donors (Lipinski definition) is 3. The highest BCUT2D eigenvalue weighted by Gasteiger charge is 2.12. The molecule has 0 aliphatic heterocycles. The number of fused-ring (bicyclic) bond motifs is 1. The third-order valence-corrected chi connectivity index (χ3v) is 4.00. The SMILES string of the molecule is O=C(Cc1n[nH]c2cnc(C#CCO)cc2c1=O)NCc1ccc(Cl)cc1. The molecule has 1 aromatic carbocycles. The van der Waals surface area contributed by atoms with E-state index in [4.69, 9.17) is 16.7 Å². The molecule has 0 saturated carbocycles. The van der Waals surface area contributed by atoms with E-state index in [1.807, 2.05) is 12.1 Å². The van der Waals surface area contributed by atoms with E-state index >= 15 is 0 Å². The van der Waals surface area contributed by atoms with Crippen LogP contribution in [0.3, 0.4) is 0 Å². The first kappa shape index (κ1) is 18.6. The van der Waals surface area contributed by atoms with Gasteiger partial charge in [-0.3, -0.25) is 14.7 Å². The van der Waals surface area contributed by atoms with Crippen molar-refractivity contribution in [3.05, 3.63) is 68.7 Å². The lowest BCUT2D eigenvalue weighted by molar-refractivity contribution is -0.120. The molecule has 2 aromatic heterocycles. The topological polar surface area (TPSA) is 108 Å². The van der Waals surface area contributed by atoms with Gasteiger partial charge in [0.05, 0.1) is 23.5 Å². The van der Waals surface area contributed by atoms with Gasteiger partial charge in [-0.15, -0.1) is 0 Å². The van der Waals surface area contributed by atoms with E-state index in [0.717, 1.165) is 5.56 Å². The minimum absolute atomic E-state index is 0.100. The molecule has 3 rings (SSSR count). The van der Waals surface area contributed by atoms with Gasteiger partial charge in [-0.05, 0) is 29.7 Å². The second-order valence-corrected chi connectivity index (χ2v) is 6.09. The average molecular weight is 383 g/mol.